The molecule has 1 aromatic rings. The van der Waals surface area contributed by atoms with E-state index in [0.717, 1.165) is 11.5 Å². The second-order valence-corrected chi connectivity index (χ2v) is 4.83. The predicted molar refractivity (Wildman–Crippen MR) is 71.8 cm³/mol. The van der Waals surface area contributed by atoms with E-state index in [2.05, 4.69) is 24.1 Å². The molecule has 2 heterocycles. The molecule has 2 aliphatic rings. The minimum Gasteiger partial charge on any atom is -0.497 e. The summed E-state index contributed by atoms with van der Waals surface area (Å²) in [6, 6.07) is 6.24. The van der Waals surface area contributed by atoms with Crippen molar-refractivity contribution >= 4 is 6.21 Å². The lowest BCUT2D eigenvalue weighted by molar-refractivity contribution is 0.273. The molecule has 0 aromatic heterocycles. The number of nitrogens with zero attached hydrogens (tertiary/aromatic N) is 1. The number of hydrogen-bond acceptors (Lipinski definition) is 3. The van der Waals surface area contributed by atoms with E-state index in [0.29, 0.717) is 18.4 Å². The fourth-order valence-corrected chi connectivity index (χ4v) is 2.74. The van der Waals surface area contributed by atoms with Gasteiger partial charge in [-0.2, -0.15) is 0 Å². The molecule has 0 saturated carbocycles. The van der Waals surface area contributed by atoms with Crippen LogP contribution in [0.4, 0.5) is 0 Å². The van der Waals surface area contributed by atoms with E-state index in [1.165, 1.54) is 5.56 Å². The van der Waals surface area contributed by atoms with Crippen molar-refractivity contribution in [3.05, 3.63) is 35.9 Å². The molecule has 3 atom stereocenters. The van der Waals surface area contributed by atoms with Gasteiger partial charge in [0.25, 0.3) is 0 Å². The topological polar surface area (TPSA) is 30.8 Å². The Morgan fingerprint density at radius 3 is 3.11 bits per heavy atom. The van der Waals surface area contributed by atoms with Crippen molar-refractivity contribution in [1.29, 1.82) is 0 Å². The summed E-state index contributed by atoms with van der Waals surface area (Å²) in [6.45, 7) is 2.88. The molecule has 3 rings (SSSR count). The molecule has 3 heteroatoms. The molecule has 0 bridgehead atoms. The summed E-state index contributed by atoms with van der Waals surface area (Å²) in [5.74, 6) is 2.63. The maximum Gasteiger partial charge on any atom is 0.123 e. The lowest BCUT2D eigenvalue weighted by Gasteiger charge is -2.25. The van der Waals surface area contributed by atoms with Gasteiger partial charge < -0.3 is 9.47 Å². The molecule has 0 spiro atoms. The van der Waals surface area contributed by atoms with Crippen molar-refractivity contribution in [2.75, 3.05) is 13.7 Å². The number of aliphatic imine (C=N–C) groups is 1. The van der Waals surface area contributed by atoms with E-state index in [-0.39, 0.29) is 6.04 Å². The first-order valence-corrected chi connectivity index (χ1v) is 6.30. The van der Waals surface area contributed by atoms with Gasteiger partial charge in [0.15, 0.2) is 0 Å². The first kappa shape index (κ1) is 11.3. The van der Waals surface area contributed by atoms with E-state index in [1.807, 2.05) is 24.4 Å². The Labute approximate surface area is 107 Å². The van der Waals surface area contributed by atoms with Crippen LogP contribution < -0.4 is 9.47 Å². The first-order chi connectivity index (χ1) is 8.79. The van der Waals surface area contributed by atoms with Crippen molar-refractivity contribution in [2.24, 2.45) is 10.9 Å². The molecular weight excluding hydrogens is 226 g/mol. The van der Waals surface area contributed by atoms with Crippen molar-refractivity contribution in [3.63, 3.8) is 0 Å². The van der Waals surface area contributed by atoms with Crippen molar-refractivity contribution < 1.29 is 9.47 Å². The van der Waals surface area contributed by atoms with E-state index in [4.69, 9.17) is 9.47 Å². The summed E-state index contributed by atoms with van der Waals surface area (Å²) < 4.78 is 11.2. The van der Waals surface area contributed by atoms with Crippen molar-refractivity contribution in [2.45, 2.75) is 18.9 Å². The fourth-order valence-electron chi connectivity index (χ4n) is 2.74. The van der Waals surface area contributed by atoms with E-state index < -0.39 is 0 Å². The summed E-state index contributed by atoms with van der Waals surface area (Å²) in [6.07, 6.45) is 6.14. The van der Waals surface area contributed by atoms with Crippen LogP contribution in [0.5, 0.6) is 11.5 Å². The summed E-state index contributed by atoms with van der Waals surface area (Å²) >= 11 is 0. The number of hydrogen-bond donors (Lipinski definition) is 0. The minimum absolute atomic E-state index is 0.225. The fraction of sp³-hybridized carbons (Fsp3) is 0.400. The Morgan fingerprint density at radius 1 is 1.39 bits per heavy atom. The van der Waals surface area contributed by atoms with Gasteiger partial charge in [0, 0.05) is 17.7 Å². The third-order valence-electron chi connectivity index (χ3n) is 3.84. The average molecular weight is 243 g/mol. The second kappa shape index (κ2) is 4.48. The summed E-state index contributed by atoms with van der Waals surface area (Å²) in [4.78, 5) is 4.52. The van der Waals surface area contributed by atoms with Crippen LogP contribution in [0.2, 0.25) is 0 Å². The van der Waals surface area contributed by atoms with Crippen LogP contribution in [0.1, 0.15) is 18.4 Å². The molecule has 1 aromatic carbocycles. The molecule has 0 radical (unpaired) electrons. The maximum atomic E-state index is 5.88. The van der Waals surface area contributed by atoms with Crippen molar-refractivity contribution in [1.82, 2.24) is 0 Å². The summed E-state index contributed by atoms with van der Waals surface area (Å²) in [7, 11) is 1.69. The Morgan fingerprint density at radius 2 is 2.28 bits per heavy atom. The zero-order valence-electron chi connectivity index (χ0n) is 10.7. The Bertz CT molecular complexity index is 507. The summed E-state index contributed by atoms with van der Waals surface area (Å²) in [5, 5.41) is 0. The molecule has 0 fully saturated rings. The molecule has 0 amide bonds. The Kier molecular flexibility index (Phi) is 2.82. The highest BCUT2D eigenvalue weighted by Crippen LogP contribution is 2.40. The lowest BCUT2D eigenvalue weighted by atomic mass is 9.82. The number of rotatable bonds is 1. The van der Waals surface area contributed by atoms with Crippen LogP contribution >= 0.6 is 0 Å². The largest absolute Gasteiger partial charge is 0.497 e. The third kappa shape index (κ3) is 1.80. The average Bonchev–Trinajstić information content (AvgIpc) is 2.57. The normalized spacial score (nSPS) is 28.9. The van der Waals surface area contributed by atoms with Gasteiger partial charge in [0.2, 0.25) is 0 Å². The Hall–Kier alpha value is -1.77. The highest BCUT2D eigenvalue weighted by Gasteiger charge is 2.32. The molecule has 0 N–H and O–H groups in total. The summed E-state index contributed by atoms with van der Waals surface area (Å²) in [5.41, 5.74) is 1.21. The molecule has 3 nitrogen and oxygen atoms in total. The Balaban J connectivity index is 2.02. The zero-order valence-corrected chi connectivity index (χ0v) is 10.7. The number of fused-ring (bicyclic) bond motifs is 2. The molecule has 0 saturated heterocycles. The quantitative estimate of drug-likeness (QED) is 0.759. The number of benzene rings is 1. The zero-order chi connectivity index (χ0) is 12.5. The third-order valence-corrected chi connectivity index (χ3v) is 3.84. The minimum atomic E-state index is 0.225. The van der Waals surface area contributed by atoms with Crippen LogP contribution in [-0.2, 0) is 0 Å². The highest BCUT2D eigenvalue weighted by molar-refractivity contribution is 5.72. The molecule has 3 unspecified atom stereocenters. The molecule has 2 aliphatic heterocycles. The van der Waals surface area contributed by atoms with Gasteiger partial charge in [-0.1, -0.05) is 13.0 Å². The van der Waals surface area contributed by atoms with Gasteiger partial charge in [-0.25, -0.2) is 0 Å². The lowest BCUT2D eigenvalue weighted by Crippen LogP contribution is -2.27. The van der Waals surface area contributed by atoms with Gasteiger partial charge in [0.1, 0.15) is 18.1 Å². The smallest absolute Gasteiger partial charge is 0.123 e. The first-order valence-electron chi connectivity index (χ1n) is 6.30. The van der Waals surface area contributed by atoms with Gasteiger partial charge in [-0.05, 0) is 30.2 Å². The number of ether oxygens (including phenoxy) is 2. The second-order valence-electron chi connectivity index (χ2n) is 4.83. The molecule has 94 valence electrons. The van der Waals surface area contributed by atoms with Gasteiger partial charge in [0.05, 0.1) is 13.2 Å². The standard InChI is InChI=1S/C15H17NO2/c1-10-12-4-3-7-16-14(12)9-18-15-6-5-11(17-2)8-13(10)15/h3-8,10,12,14H,9H2,1-2H3. The van der Waals surface area contributed by atoms with Crippen LogP contribution in [-0.4, -0.2) is 26.0 Å². The van der Waals surface area contributed by atoms with Crippen LogP contribution in [0.25, 0.3) is 0 Å². The van der Waals surface area contributed by atoms with Crippen LogP contribution in [0, 0.1) is 5.92 Å². The molecule has 18 heavy (non-hydrogen) atoms. The van der Waals surface area contributed by atoms with E-state index in [9.17, 15) is 0 Å². The van der Waals surface area contributed by atoms with Crippen LogP contribution in [0.3, 0.4) is 0 Å². The molecular formula is C15H17NO2. The maximum absolute atomic E-state index is 5.88. The van der Waals surface area contributed by atoms with Gasteiger partial charge >= 0.3 is 0 Å². The number of allylic oxidation sites excluding steroid dienone is 1. The van der Waals surface area contributed by atoms with E-state index in [1.54, 1.807) is 7.11 Å². The van der Waals surface area contributed by atoms with E-state index >= 15 is 0 Å². The highest BCUT2D eigenvalue weighted by atomic mass is 16.5. The number of dihydropyridines is 1. The molecule has 0 aliphatic carbocycles. The van der Waals surface area contributed by atoms with Crippen LogP contribution in [0.15, 0.2) is 35.3 Å². The number of methoxy groups -OCH3 is 1. The predicted octanol–water partition coefficient (Wildman–Crippen LogP) is 2.82. The SMILES string of the molecule is COc1ccc2c(c1)C(C)C1C=CC=NC1CO2. The van der Waals surface area contributed by atoms with Gasteiger partial charge in [-0.3, -0.25) is 4.99 Å². The van der Waals surface area contributed by atoms with Crippen molar-refractivity contribution in [3.8, 4) is 11.5 Å². The van der Waals surface area contributed by atoms with Gasteiger partial charge in [-0.15, -0.1) is 0 Å². The monoisotopic (exact) mass is 243 g/mol.